The number of nitrogens with zero attached hydrogens (tertiary/aromatic N) is 1. The Labute approximate surface area is 182 Å². The fraction of sp³-hybridized carbons (Fsp3) is 0.333. The summed E-state index contributed by atoms with van der Waals surface area (Å²) in [6, 6.07) is 12.4. The predicted octanol–water partition coefficient (Wildman–Crippen LogP) is 5.10. The molecule has 0 aliphatic carbocycles. The summed E-state index contributed by atoms with van der Waals surface area (Å²) in [4.78, 5) is 23.4. The third-order valence-electron chi connectivity index (χ3n) is 5.22. The third kappa shape index (κ3) is 5.78. The number of aromatic carboxylic acids is 1. The molecule has 7 heteroatoms. The first-order valence-corrected chi connectivity index (χ1v) is 10.6. The van der Waals surface area contributed by atoms with Gasteiger partial charge in [0.1, 0.15) is 5.75 Å². The van der Waals surface area contributed by atoms with E-state index in [9.17, 15) is 14.7 Å². The SMILES string of the molecule is CCCCCCNC(=O)Nc1ccc2ccn(Cc3ccc(C(=O)O)cc3OC)c2c1. The normalized spacial score (nSPS) is 10.8. The van der Waals surface area contributed by atoms with Crippen LogP contribution < -0.4 is 15.4 Å². The van der Waals surface area contributed by atoms with Gasteiger partial charge in [0.25, 0.3) is 0 Å². The Bertz CT molecular complexity index is 1060. The molecule has 31 heavy (non-hydrogen) atoms. The van der Waals surface area contributed by atoms with Crippen LogP contribution in [-0.4, -0.2) is 35.3 Å². The topological polar surface area (TPSA) is 92.6 Å². The number of anilines is 1. The van der Waals surface area contributed by atoms with Crippen LogP contribution >= 0.6 is 0 Å². The Morgan fingerprint density at radius 2 is 1.90 bits per heavy atom. The molecule has 0 aliphatic rings. The van der Waals surface area contributed by atoms with Crippen LogP contribution in [0, 0.1) is 0 Å². The maximum atomic E-state index is 12.2. The second-order valence-electron chi connectivity index (χ2n) is 7.49. The molecule has 7 nitrogen and oxygen atoms in total. The van der Waals surface area contributed by atoms with Crippen molar-refractivity contribution in [1.82, 2.24) is 9.88 Å². The van der Waals surface area contributed by atoms with Crippen LogP contribution in [-0.2, 0) is 6.54 Å². The van der Waals surface area contributed by atoms with Crippen molar-refractivity contribution in [2.75, 3.05) is 19.0 Å². The Morgan fingerprint density at radius 1 is 1.06 bits per heavy atom. The number of carbonyl (C=O) groups is 2. The van der Waals surface area contributed by atoms with E-state index in [4.69, 9.17) is 4.74 Å². The first kappa shape index (κ1) is 22.2. The van der Waals surface area contributed by atoms with Crippen LogP contribution in [0.15, 0.2) is 48.7 Å². The van der Waals surface area contributed by atoms with Gasteiger partial charge in [0.05, 0.1) is 24.7 Å². The maximum absolute atomic E-state index is 12.2. The van der Waals surface area contributed by atoms with Crippen molar-refractivity contribution in [3.63, 3.8) is 0 Å². The molecule has 2 aromatic carbocycles. The van der Waals surface area contributed by atoms with Gasteiger partial charge in [-0.05, 0) is 42.1 Å². The Kier molecular flexibility index (Phi) is 7.54. The number of urea groups is 1. The molecular weight excluding hydrogens is 394 g/mol. The number of hydrogen-bond donors (Lipinski definition) is 3. The van der Waals surface area contributed by atoms with E-state index in [0.717, 1.165) is 29.3 Å². The van der Waals surface area contributed by atoms with Gasteiger partial charge < -0.3 is 25.0 Å². The summed E-state index contributed by atoms with van der Waals surface area (Å²) < 4.78 is 7.44. The minimum absolute atomic E-state index is 0.185. The van der Waals surface area contributed by atoms with Crippen LogP contribution in [0.1, 0.15) is 48.5 Å². The van der Waals surface area contributed by atoms with Gasteiger partial charge in [-0.15, -0.1) is 0 Å². The number of carbonyl (C=O) groups excluding carboxylic acids is 1. The summed E-state index contributed by atoms with van der Waals surface area (Å²) in [5.74, 6) is -0.464. The van der Waals surface area contributed by atoms with Crippen molar-refractivity contribution in [3.05, 3.63) is 59.8 Å². The highest BCUT2D eigenvalue weighted by Gasteiger charge is 2.11. The Morgan fingerprint density at radius 3 is 2.65 bits per heavy atom. The van der Waals surface area contributed by atoms with Gasteiger partial charge in [-0.1, -0.05) is 38.3 Å². The van der Waals surface area contributed by atoms with Crippen molar-refractivity contribution in [2.45, 2.75) is 39.2 Å². The van der Waals surface area contributed by atoms with Crippen molar-refractivity contribution in [3.8, 4) is 5.75 Å². The summed E-state index contributed by atoms with van der Waals surface area (Å²) in [5, 5.41) is 16.0. The summed E-state index contributed by atoms with van der Waals surface area (Å²) in [7, 11) is 1.53. The lowest BCUT2D eigenvalue weighted by Gasteiger charge is -2.12. The summed E-state index contributed by atoms with van der Waals surface area (Å²) in [6.07, 6.45) is 6.41. The molecule has 164 valence electrons. The molecule has 0 bridgehead atoms. The minimum Gasteiger partial charge on any atom is -0.496 e. The van der Waals surface area contributed by atoms with Gasteiger partial charge in [-0.3, -0.25) is 0 Å². The van der Waals surface area contributed by atoms with Gasteiger partial charge >= 0.3 is 12.0 Å². The van der Waals surface area contributed by atoms with Gasteiger partial charge in [0, 0.05) is 24.0 Å². The average molecular weight is 424 g/mol. The smallest absolute Gasteiger partial charge is 0.335 e. The fourth-order valence-corrected chi connectivity index (χ4v) is 3.52. The van der Waals surface area contributed by atoms with Crippen LogP contribution in [0.2, 0.25) is 0 Å². The summed E-state index contributed by atoms with van der Waals surface area (Å²) in [5.41, 5.74) is 2.73. The number of unbranched alkanes of at least 4 members (excludes halogenated alkanes) is 3. The molecule has 3 rings (SSSR count). The van der Waals surface area contributed by atoms with Gasteiger partial charge in [-0.25, -0.2) is 9.59 Å². The second-order valence-corrected chi connectivity index (χ2v) is 7.49. The van der Waals surface area contributed by atoms with E-state index in [1.165, 1.54) is 26.0 Å². The van der Waals surface area contributed by atoms with E-state index >= 15 is 0 Å². The number of rotatable bonds is 10. The number of nitrogens with one attached hydrogen (secondary N) is 2. The number of aromatic nitrogens is 1. The van der Waals surface area contributed by atoms with Gasteiger partial charge in [0.15, 0.2) is 0 Å². The Hall–Kier alpha value is -3.48. The first-order valence-electron chi connectivity index (χ1n) is 10.6. The van der Waals surface area contributed by atoms with Crippen LogP contribution in [0.25, 0.3) is 10.9 Å². The van der Waals surface area contributed by atoms with E-state index in [-0.39, 0.29) is 11.6 Å². The highest BCUT2D eigenvalue weighted by molar-refractivity contribution is 5.93. The van der Waals surface area contributed by atoms with Crippen LogP contribution in [0.5, 0.6) is 5.75 Å². The number of ether oxygens (including phenoxy) is 1. The molecule has 3 N–H and O–H groups in total. The fourth-order valence-electron chi connectivity index (χ4n) is 3.52. The number of methoxy groups -OCH3 is 1. The highest BCUT2D eigenvalue weighted by atomic mass is 16.5. The van der Waals surface area contributed by atoms with E-state index < -0.39 is 5.97 Å². The zero-order valence-electron chi connectivity index (χ0n) is 18.0. The molecule has 1 aromatic heterocycles. The predicted molar refractivity (Wildman–Crippen MR) is 122 cm³/mol. The van der Waals surface area contributed by atoms with E-state index in [0.29, 0.717) is 24.5 Å². The second kappa shape index (κ2) is 10.5. The molecule has 0 saturated carbocycles. The van der Waals surface area contributed by atoms with E-state index in [1.807, 2.05) is 35.0 Å². The van der Waals surface area contributed by atoms with E-state index in [2.05, 4.69) is 17.6 Å². The molecule has 0 spiro atoms. The van der Waals surface area contributed by atoms with Crippen molar-refractivity contribution < 1.29 is 19.4 Å². The van der Waals surface area contributed by atoms with Crippen LogP contribution in [0.4, 0.5) is 10.5 Å². The summed E-state index contributed by atoms with van der Waals surface area (Å²) in [6.45, 7) is 3.34. The number of carboxylic acids is 1. The summed E-state index contributed by atoms with van der Waals surface area (Å²) >= 11 is 0. The number of benzene rings is 2. The lowest BCUT2D eigenvalue weighted by atomic mass is 10.1. The largest absolute Gasteiger partial charge is 0.496 e. The highest BCUT2D eigenvalue weighted by Crippen LogP contribution is 2.25. The van der Waals surface area contributed by atoms with Crippen LogP contribution in [0.3, 0.4) is 0 Å². The molecule has 0 saturated heterocycles. The number of amides is 2. The lowest BCUT2D eigenvalue weighted by molar-refractivity contribution is 0.0696. The maximum Gasteiger partial charge on any atom is 0.335 e. The van der Waals surface area contributed by atoms with E-state index in [1.54, 1.807) is 12.1 Å². The molecule has 2 amide bonds. The monoisotopic (exact) mass is 423 g/mol. The van der Waals surface area contributed by atoms with Gasteiger partial charge in [0.2, 0.25) is 0 Å². The molecule has 0 unspecified atom stereocenters. The van der Waals surface area contributed by atoms with Crippen molar-refractivity contribution in [2.24, 2.45) is 0 Å². The molecular formula is C24H29N3O4. The average Bonchev–Trinajstić information content (AvgIpc) is 3.15. The van der Waals surface area contributed by atoms with Crippen molar-refractivity contribution >= 4 is 28.6 Å². The zero-order valence-corrected chi connectivity index (χ0v) is 18.0. The molecule has 0 radical (unpaired) electrons. The number of fused-ring (bicyclic) bond motifs is 1. The molecule has 0 aliphatic heterocycles. The number of carboxylic acid groups (broad SMARTS) is 1. The van der Waals surface area contributed by atoms with Gasteiger partial charge in [-0.2, -0.15) is 0 Å². The Balaban J connectivity index is 1.72. The molecule has 1 heterocycles. The quantitative estimate of drug-likeness (QED) is 0.396. The lowest BCUT2D eigenvalue weighted by Crippen LogP contribution is -2.29. The zero-order chi connectivity index (χ0) is 22.2. The number of hydrogen-bond acceptors (Lipinski definition) is 3. The first-order chi connectivity index (χ1) is 15.0. The minimum atomic E-state index is -0.990. The molecule has 0 atom stereocenters. The molecule has 0 fully saturated rings. The molecule has 3 aromatic rings. The third-order valence-corrected chi connectivity index (χ3v) is 5.22. The standard InChI is InChI=1S/C24H29N3O4/c1-3-4-5-6-12-25-24(30)26-20-10-9-17-11-13-27(21(17)15-20)16-19-8-7-18(23(28)29)14-22(19)31-2/h7-11,13-15H,3-6,12,16H2,1-2H3,(H,28,29)(H2,25,26,30). The van der Waals surface area contributed by atoms with Crippen molar-refractivity contribution in [1.29, 1.82) is 0 Å².